The lowest BCUT2D eigenvalue weighted by Crippen LogP contribution is -2.13. The van der Waals surface area contributed by atoms with E-state index >= 15 is 0 Å². The number of nitrogens with two attached hydrogens (primary N) is 1. The topological polar surface area (TPSA) is 105 Å². The van der Waals surface area contributed by atoms with Crippen LogP contribution in [0.25, 0.3) is 0 Å². The van der Waals surface area contributed by atoms with Gasteiger partial charge in [0.2, 0.25) is 5.89 Å². The van der Waals surface area contributed by atoms with E-state index in [4.69, 9.17) is 10.3 Å². The van der Waals surface area contributed by atoms with Crippen molar-refractivity contribution in [3.63, 3.8) is 0 Å². The van der Waals surface area contributed by atoms with Crippen molar-refractivity contribution in [3.05, 3.63) is 35.5 Å². The van der Waals surface area contributed by atoms with E-state index in [2.05, 4.69) is 17.1 Å². The van der Waals surface area contributed by atoms with Crippen molar-refractivity contribution in [1.82, 2.24) is 10.1 Å². The average Bonchev–Trinajstić information content (AvgIpc) is 2.95. The Labute approximate surface area is 116 Å². The van der Waals surface area contributed by atoms with Gasteiger partial charge in [-0.15, -0.1) is 0 Å². The van der Waals surface area contributed by atoms with Crippen molar-refractivity contribution >= 4 is 0 Å². The maximum atomic E-state index is 9.46. The maximum absolute atomic E-state index is 9.46. The first-order chi connectivity index (χ1) is 9.54. The van der Waals surface area contributed by atoms with Gasteiger partial charge in [-0.05, 0) is 36.5 Å². The Bertz CT molecular complexity index is 626. The molecule has 1 heterocycles. The quantitative estimate of drug-likeness (QED) is 0.735. The first-order valence-electron chi connectivity index (χ1n) is 6.64. The smallest absolute Gasteiger partial charge is 0.243 e. The van der Waals surface area contributed by atoms with Gasteiger partial charge in [0, 0.05) is 5.92 Å². The van der Waals surface area contributed by atoms with Gasteiger partial charge < -0.3 is 20.5 Å². The summed E-state index contributed by atoms with van der Waals surface area (Å²) in [6.07, 6.45) is 1.55. The molecule has 6 heteroatoms. The summed E-state index contributed by atoms with van der Waals surface area (Å²) in [6, 6.07) is 4.20. The number of hydrogen-bond acceptors (Lipinski definition) is 6. The first kappa shape index (κ1) is 12.9. The fourth-order valence-corrected chi connectivity index (χ4v) is 2.27. The van der Waals surface area contributed by atoms with Crippen LogP contribution in [0.3, 0.4) is 0 Å². The Kier molecular flexibility index (Phi) is 3.10. The second kappa shape index (κ2) is 4.79. The number of hydrogen-bond donors (Lipinski definition) is 3. The monoisotopic (exact) mass is 275 g/mol. The van der Waals surface area contributed by atoms with Crippen molar-refractivity contribution in [2.24, 2.45) is 11.7 Å². The van der Waals surface area contributed by atoms with Crippen molar-refractivity contribution < 1.29 is 14.7 Å². The van der Waals surface area contributed by atoms with Gasteiger partial charge in [0.25, 0.3) is 0 Å². The Morgan fingerprint density at radius 1 is 1.40 bits per heavy atom. The van der Waals surface area contributed by atoms with Crippen LogP contribution < -0.4 is 5.73 Å². The number of aromatic hydroxyl groups is 2. The first-order valence-corrected chi connectivity index (χ1v) is 6.64. The molecule has 3 unspecified atom stereocenters. The Morgan fingerprint density at radius 2 is 2.15 bits per heavy atom. The molecule has 20 heavy (non-hydrogen) atoms. The summed E-state index contributed by atoms with van der Waals surface area (Å²) < 4.78 is 5.20. The van der Waals surface area contributed by atoms with Gasteiger partial charge in [-0.25, -0.2) is 0 Å². The van der Waals surface area contributed by atoms with Gasteiger partial charge >= 0.3 is 0 Å². The van der Waals surface area contributed by atoms with Crippen LogP contribution in [0.4, 0.5) is 0 Å². The lowest BCUT2D eigenvalue weighted by molar-refractivity contribution is 0.349. The summed E-state index contributed by atoms with van der Waals surface area (Å²) in [5.41, 5.74) is 6.84. The van der Waals surface area contributed by atoms with Crippen molar-refractivity contribution in [1.29, 1.82) is 0 Å². The highest BCUT2D eigenvalue weighted by atomic mass is 16.5. The number of rotatable bonds is 4. The van der Waals surface area contributed by atoms with Crippen molar-refractivity contribution in [2.75, 3.05) is 0 Å². The highest BCUT2D eigenvalue weighted by Gasteiger charge is 2.38. The van der Waals surface area contributed by atoms with Crippen LogP contribution in [0, 0.1) is 5.92 Å². The zero-order valence-electron chi connectivity index (χ0n) is 11.2. The second-order valence-corrected chi connectivity index (χ2v) is 5.44. The third kappa shape index (κ3) is 2.46. The van der Waals surface area contributed by atoms with E-state index in [-0.39, 0.29) is 11.5 Å². The van der Waals surface area contributed by atoms with E-state index in [0.717, 1.165) is 17.8 Å². The summed E-state index contributed by atoms with van der Waals surface area (Å²) in [4.78, 5) is 4.34. The van der Waals surface area contributed by atoms with Gasteiger partial charge in [0.05, 0.1) is 6.04 Å². The zero-order valence-corrected chi connectivity index (χ0v) is 11.2. The van der Waals surface area contributed by atoms with Crippen LogP contribution in [-0.4, -0.2) is 20.4 Å². The molecule has 0 amide bonds. The molecule has 4 N–H and O–H groups in total. The molecule has 0 aliphatic heterocycles. The lowest BCUT2D eigenvalue weighted by Gasteiger charge is -2.07. The van der Waals surface area contributed by atoms with Gasteiger partial charge in [-0.2, -0.15) is 4.98 Å². The number of phenols is 2. The van der Waals surface area contributed by atoms with E-state index in [1.807, 2.05) is 0 Å². The molecule has 3 atom stereocenters. The van der Waals surface area contributed by atoms with E-state index in [1.54, 1.807) is 6.07 Å². The summed E-state index contributed by atoms with van der Waals surface area (Å²) >= 11 is 0. The SMILES string of the molecule is CC1CC1c1noc(C(N)Cc2ccc(O)c(O)c2)n1. The third-order valence-corrected chi connectivity index (χ3v) is 3.71. The molecule has 0 saturated heterocycles. The average molecular weight is 275 g/mol. The molecule has 1 aliphatic rings. The molecule has 0 bridgehead atoms. The summed E-state index contributed by atoms with van der Waals surface area (Å²) in [7, 11) is 0. The highest BCUT2D eigenvalue weighted by molar-refractivity contribution is 5.40. The number of phenolic OH excluding ortho intramolecular Hbond substituents is 2. The van der Waals surface area contributed by atoms with Crippen LogP contribution in [-0.2, 0) is 6.42 Å². The van der Waals surface area contributed by atoms with Crippen LogP contribution in [0.5, 0.6) is 11.5 Å². The standard InChI is InChI=1S/C14H17N3O3/c1-7-4-9(7)13-16-14(20-17-13)10(15)5-8-2-3-11(18)12(19)6-8/h2-3,6-7,9-10,18-19H,4-5,15H2,1H3. The fraction of sp³-hybridized carbons (Fsp3) is 0.429. The minimum Gasteiger partial charge on any atom is -0.504 e. The molecule has 1 fully saturated rings. The van der Waals surface area contributed by atoms with Crippen LogP contribution in [0.2, 0.25) is 0 Å². The normalized spacial score (nSPS) is 22.7. The molecule has 6 nitrogen and oxygen atoms in total. The predicted octanol–water partition coefficient (Wildman–Crippen LogP) is 1.85. The van der Waals surface area contributed by atoms with Gasteiger partial charge in [-0.1, -0.05) is 18.1 Å². The Hall–Kier alpha value is -2.08. The maximum Gasteiger partial charge on any atom is 0.243 e. The van der Waals surface area contributed by atoms with E-state index in [9.17, 15) is 10.2 Å². The van der Waals surface area contributed by atoms with Gasteiger partial charge in [0.15, 0.2) is 17.3 Å². The fourth-order valence-electron chi connectivity index (χ4n) is 2.27. The minimum atomic E-state index is -0.422. The molecule has 1 aliphatic carbocycles. The summed E-state index contributed by atoms with van der Waals surface area (Å²) in [6.45, 7) is 2.15. The molecule has 106 valence electrons. The molecule has 2 aromatic rings. The zero-order chi connectivity index (χ0) is 14.3. The van der Waals surface area contributed by atoms with Gasteiger partial charge in [0.1, 0.15) is 0 Å². The van der Waals surface area contributed by atoms with Crippen molar-refractivity contribution in [3.8, 4) is 11.5 Å². The third-order valence-electron chi connectivity index (χ3n) is 3.71. The molecule has 0 spiro atoms. The van der Waals surface area contributed by atoms with E-state index in [0.29, 0.717) is 24.1 Å². The van der Waals surface area contributed by atoms with Crippen LogP contribution in [0.15, 0.2) is 22.7 Å². The van der Waals surface area contributed by atoms with Crippen LogP contribution in [0.1, 0.15) is 42.6 Å². The molecule has 1 aromatic carbocycles. The lowest BCUT2D eigenvalue weighted by atomic mass is 10.1. The summed E-state index contributed by atoms with van der Waals surface area (Å²) in [5, 5.41) is 22.7. The Balaban J connectivity index is 1.70. The number of benzene rings is 1. The number of nitrogens with zero attached hydrogens (tertiary/aromatic N) is 2. The molecule has 3 rings (SSSR count). The molecule has 0 radical (unpaired) electrons. The molecular formula is C14H17N3O3. The predicted molar refractivity (Wildman–Crippen MR) is 71.2 cm³/mol. The summed E-state index contributed by atoms with van der Waals surface area (Å²) in [5.74, 6) is 1.85. The van der Waals surface area contributed by atoms with Gasteiger partial charge in [-0.3, -0.25) is 0 Å². The van der Waals surface area contributed by atoms with E-state index in [1.165, 1.54) is 12.1 Å². The second-order valence-electron chi connectivity index (χ2n) is 5.44. The molecule has 1 saturated carbocycles. The van der Waals surface area contributed by atoms with E-state index < -0.39 is 6.04 Å². The molecule has 1 aromatic heterocycles. The van der Waals surface area contributed by atoms with Crippen LogP contribution >= 0.6 is 0 Å². The largest absolute Gasteiger partial charge is 0.504 e. The minimum absolute atomic E-state index is 0.148. The molecular weight excluding hydrogens is 258 g/mol. The Morgan fingerprint density at radius 3 is 2.80 bits per heavy atom. The van der Waals surface area contributed by atoms with Crippen molar-refractivity contribution in [2.45, 2.75) is 31.7 Å². The number of aromatic nitrogens is 2. The highest BCUT2D eigenvalue weighted by Crippen LogP contribution is 2.45.